The van der Waals surface area contributed by atoms with Crippen molar-refractivity contribution in [1.82, 2.24) is 15.0 Å². The molecule has 1 N–H and O–H groups in total. The van der Waals surface area contributed by atoms with Crippen LogP contribution in [0.2, 0.25) is 0 Å². The molecular formula is C39H48N4O4. The van der Waals surface area contributed by atoms with Gasteiger partial charge in [0.05, 0.1) is 17.0 Å². The number of pyridine rings is 1. The second kappa shape index (κ2) is 12.9. The van der Waals surface area contributed by atoms with E-state index in [9.17, 15) is 9.90 Å². The average molecular weight is 637 g/mol. The van der Waals surface area contributed by atoms with Gasteiger partial charge in [0.25, 0.3) is 0 Å². The fourth-order valence-electron chi connectivity index (χ4n) is 7.01. The number of aryl methyl sites for hydroxylation is 2. The van der Waals surface area contributed by atoms with Crippen LogP contribution >= 0.6 is 0 Å². The summed E-state index contributed by atoms with van der Waals surface area (Å²) in [4.78, 5) is 22.6. The van der Waals surface area contributed by atoms with Crippen molar-refractivity contribution in [3.05, 3.63) is 88.4 Å². The average Bonchev–Trinajstić information content (AvgIpc) is 3.48. The number of rotatable bonds is 8. The van der Waals surface area contributed by atoms with Crippen LogP contribution in [0.3, 0.4) is 0 Å². The van der Waals surface area contributed by atoms with E-state index in [-0.39, 0.29) is 5.41 Å². The van der Waals surface area contributed by atoms with Crippen LogP contribution in [-0.4, -0.2) is 51.4 Å². The van der Waals surface area contributed by atoms with Gasteiger partial charge in [0.1, 0.15) is 0 Å². The van der Waals surface area contributed by atoms with Crippen LogP contribution in [0.25, 0.3) is 22.5 Å². The third kappa shape index (κ3) is 7.29. The number of piperidine rings is 1. The fraction of sp³-hybridized carbons (Fsp3) is 0.462. The Hall–Kier alpha value is -4.01. The third-order valence-corrected chi connectivity index (χ3v) is 9.56. The number of nitrogens with zero attached hydrogens (tertiary/aromatic N) is 4. The zero-order valence-corrected chi connectivity index (χ0v) is 28.9. The number of aromatic nitrogens is 2. The molecule has 0 saturated carbocycles. The van der Waals surface area contributed by atoms with Crippen molar-refractivity contribution < 1.29 is 19.2 Å². The molecule has 0 bridgehead atoms. The predicted molar refractivity (Wildman–Crippen MR) is 185 cm³/mol. The van der Waals surface area contributed by atoms with Crippen LogP contribution in [0.5, 0.6) is 0 Å². The highest BCUT2D eigenvalue weighted by atomic mass is 16.5. The number of aliphatic carboxylic acids is 1. The van der Waals surface area contributed by atoms with Crippen molar-refractivity contribution >= 4 is 11.7 Å². The molecule has 1 saturated heterocycles. The van der Waals surface area contributed by atoms with Gasteiger partial charge in [0.2, 0.25) is 0 Å². The highest BCUT2D eigenvalue weighted by Crippen LogP contribution is 2.45. The Morgan fingerprint density at radius 1 is 0.979 bits per heavy atom. The van der Waals surface area contributed by atoms with E-state index in [4.69, 9.17) is 14.2 Å². The summed E-state index contributed by atoms with van der Waals surface area (Å²) in [6.45, 7) is 18.5. The van der Waals surface area contributed by atoms with Crippen molar-refractivity contribution in [1.29, 1.82) is 0 Å². The molecule has 1 unspecified atom stereocenters. The number of carboxylic acids is 1. The van der Waals surface area contributed by atoms with E-state index in [1.807, 2.05) is 71.0 Å². The molecule has 1 fully saturated rings. The van der Waals surface area contributed by atoms with Crippen LogP contribution in [0.15, 0.2) is 59.1 Å². The van der Waals surface area contributed by atoms with Gasteiger partial charge in [0, 0.05) is 66.9 Å². The van der Waals surface area contributed by atoms with Crippen LogP contribution in [0.4, 0.5) is 5.69 Å². The molecule has 0 radical (unpaired) electrons. The molecule has 4 heterocycles. The van der Waals surface area contributed by atoms with Gasteiger partial charge < -0.3 is 19.3 Å². The molecule has 4 aromatic rings. The first-order valence-electron chi connectivity index (χ1n) is 16.8. The Bertz CT molecular complexity index is 1740. The number of carboxylic acid groups (broad SMARTS) is 1. The molecule has 8 nitrogen and oxygen atoms in total. The summed E-state index contributed by atoms with van der Waals surface area (Å²) >= 11 is 0. The van der Waals surface area contributed by atoms with Crippen molar-refractivity contribution in [2.24, 2.45) is 5.41 Å². The van der Waals surface area contributed by atoms with Crippen LogP contribution in [0, 0.1) is 19.3 Å². The third-order valence-electron chi connectivity index (χ3n) is 9.56. The van der Waals surface area contributed by atoms with Gasteiger partial charge in [-0.15, -0.1) is 0 Å². The number of anilines is 1. The first-order valence-corrected chi connectivity index (χ1v) is 16.8. The molecular weight excluding hydrogens is 588 g/mol. The molecule has 8 heteroatoms. The monoisotopic (exact) mass is 636 g/mol. The highest BCUT2D eigenvalue weighted by Gasteiger charge is 2.36. The summed E-state index contributed by atoms with van der Waals surface area (Å²) in [5, 5.41) is 14.9. The molecule has 2 aliphatic heterocycles. The molecule has 0 aliphatic carbocycles. The first-order chi connectivity index (χ1) is 22.3. The molecule has 2 aliphatic rings. The Kier molecular flexibility index (Phi) is 9.02. The number of hydrogen-bond acceptors (Lipinski definition) is 7. The smallest absolute Gasteiger partial charge is 0.337 e. The standard InChI is InChI=1S/C39H48N4O4/c1-25-33(35(43-19-16-39(6,7)17-20-43)34(26(2)40-25)36(37(44)45)46-38(3,4)5)29-13-14-30-23-42(18-15-28(30)21-29)24-31-22-32(47-41-31)27-11-9-8-10-12-27/h8-14,21-22,36H,15-20,23-24H2,1-7H3,(H,44,45). The van der Waals surface area contributed by atoms with Crippen LogP contribution in [-0.2, 0) is 29.0 Å². The summed E-state index contributed by atoms with van der Waals surface area (Å²) in [5.41, 5.74) is 9.49. The van der Waals surface area contributed by atoms with Crippen molar-refractivity contribution in [2.45, 2.75) is 92.5 Å². The number of benzene rings is 2. The number of fused-ring (bicyclic) bond motifs is 1. The lowest BCUT2D eigenvalue weighted by atomic mass is 9.81. The Balaban J connectivity index is 1.34. The molecule has 0 spiro atoms. The van der Waals surface area contributed by atoms with E-state index >= 15 is 0 Å². The van der Waals surface area contributed by atoms with E-state index in [0.717, 1.165) is 91.5 Å². The predicted octanol–water partition coefficient (Wildman–Crippen LogP) is 8.15. The quantitative estimate of drug-likeness (QED) is 0.207. The van der Waals surface area contributed by atoms with E-state index in [1.54, 1.807) is 0 Å². The lowest BCUT2D eigenvalue weighted by Gasteiger charge is -2.41. The van der Waals surface area contributed by atoms with Crippen LogP contribution < -0.4 is 4.90 Å². The first kappa shape index (κ1) is 32.9. The second-order valence-corrected chi connectivity index (χ2v) is 15.0. The Labute approximate surface area is 278 Å². The minimum absolute atomic E-state index is 0.245. The topological polar surface area (TPSA) is 91.9 Å². The lowest BCUT2D eigenvalue weighted by molar-refractivity contribution is -0.160. The van der Waals surface area contributed by atoms with E-state index in [0.29, 0.717) is 11.3 Å². The van der Waals surface area contributed by atoms with Crippen molar-refractivity contribution in [2.75, 3.05) is 24.5 Å². The zero-order valence-electron chi connectivity index (χ0n) is 28.9. The van der Waals surface area contributed by atoms with Crippen molar-refractivity contribution in [3.63, 3.8) is 0 Å². The molecule has 2 aromatic heterocycles. The number of carbonyl (C=O) groups is 1. The van der Waals surface area contributed by atoms with E-state index in [2.05, 4.69) is 47.0 Å². The van der Waals surface area contributed by atoms with E-state index in [1.165, 1.54) is 11.1 Å². The summed E-state index contributed by atoms with van der Waals surface area (Å²) in [6.07, 6.45) is 1.85. The Morgan fingerprint density at radius 3 is 2.38 bits per heavy atom. The molecule has 1 atom stereocenters. The summed E-state index contributed by atoms with van der Waals surface area (Å²) < 4.78 is 11.9. The summed E-state index contributed by atoms with van der Waals surface area (Å²) in [6, 6.07) is 18.8. The fourth-order valence-corrected chi connectivity index (χ4v) is 7.01. The van der Waals surface area contributed by atoms with Crippen LogP contribution in [0.1, 0.15) is 87.3 Å². The normalized spacial score (nSPS) is 17.4. The summed E-state index contributed by atoms with van der Waals surface area (Å²) in [7, 11) is 0. The minimum Gasteiger partial charge on any atom is -0.479 e. The van der Waals surface area contributed by atoms with Crippen molar-refractivity contribution in [3.8, 4) is 22.5 Å². The lowest BCUT2D eigenvalue weighted by Crippen LogP contribution is -2.39. The van der Waals surface area contributed by atoms with Gasteiger partial charge in [-0.3, -0.25) is 9.88 Å². The largest absolute Gasteiger partial charge is 0.479 e. The van der Waals surface area contributed by atoms with Gasteiger partial charge in [-0.05, 0) is 76.0 Å². The van der Waals surface area contributed by atoms with Gasteiger partial charge in [-0.25, -0.2) is 4.79 Å². The van der Waals surface area contributed by atoms with Gasteiger partial charge in [-0.1, -0.05) is 67.5 Å². The number of hydrogen-bond donors (Lipinski definition) is 1. The van der Waals surface area contributed by atoms with Gasteiger partial charge in [-0.2, -0.15) is 0 Å². The molecule has 6 rings (SSSR count). The molecule has 248 valence electrons. The second-order valence-electron chi connectivity index (χ2n) is 15.0. The summed E-state index contributed by atoms with van der Waals surface area (Å²) in [5.74, 6) is -0.207. The maximum atomic E-state index is 12.8. The SMILES string of the molecule is Cc1nc(C)c(C(OC(C)(C)C)C(=O)O)c(N2CCC(C)(C)CC2)c1-c1ccc2c(c1)CCN(Cc1cc(-c3ccccc3)on1)C2. The molecule has 0 amide bonds. The molecule has 2 aromatic carbocycles. The Morgan fingerprint density at radius 2 is 1.70 bits per heavy atom. The minimum atomic E-state index is -1.13. The number of ether oxygens (including phenoxy) is 1. The van der Waals surface area contributed by atoms with Gasteiger partial charge in [0.15, 0.2) is 11.9 Å². The maximum Gasteiger partial charge on any atom is 0.337 e. The molecule has 47 heavy (non-hydrogen) atoms. The van der Waals surface area contributed by atoms with E-state index < -0.39 is 17.7 Å². The maximum absolute atomic E-state index is 12.8. The van der Waals surface area contributed by atoms with Gasteiger partial charge >= 0.3 is 5.97 Å². The zero-order chi connectivity index (χ0) is 33.5. The highest BCUT2D eigenvalue weighted by molar-refractivity contribution is 5.88.